The van der Waals surface area contributed by atoms with E-state index < -0.39 is 0 Å². The van der Waals surface area contributed by atoms with Crippen LogP contribution in [0.5, 0.6) is 0 Å². The zero-order chi connectivity index (χ0) is 14.7. The second kappa shape index (κ2) is 6.05. The number of para-hydroxylation sites is 1. The van der Waals surface area contributed by atoms with Gasteiger partial charge in [-0.3, -0.25) is 4.79 Å². The summed E-state index contributed by atoms with van der Waals surface area (Å²) in [6.45, 7) is 0.951. The standard InChI is InChI=1S/C15H18N4O2/c20-9-7-13-10-18(17-16-13)11-15(21)19-8-3-5-12-4-1-2-6-14(12)19/h1-2,4,6,10,20H,3,5,7-9,11H2. The molecule has 2 aromatic rings. The summed E-state index contributed by atoms with van der Waals surface area (Å²) in [6.07, 6.45) is 4.17. The number of aliphatic hydroxyl groups is 1. The van der Waals surface area contributed by atoms with Crippen LogP contribution in [0.2, 0.25) is 0 Å². The first kappa shape index (κ1) is 13.8. The summed E-state index contributed by atoms with van der Waals surface area (Å²) in [4.78, 5) is 14.3. The van der Waals surface area contributed by atoms with Gasteiger partial charge in [-0.25, -0.2) is 4.68 Å². The molecule has 0 unspecified atom stereocenters. The van der Waals surface area contributed by atoms with Crippen LogP contribution in [0.3, 0.4) is 0 Å². The van der Waals surface area contributed by atoms with Crippen molar-refractivity contribution in [2.45, 2.75) is 25.8 Å². The van der Waals surface area contributed by atoms with E-state index >= 15 is 0 Å². The summed E-state index contributed by atoms with van der Waals surface area (Å²) in [6, 6.07) is 8.03. The van der Waals surface area contributed by atoms with Crippen LogP contribution in [-0.2, 0) is 24.2 Å². The SMILES string of the molecule is O=C(Cn1cc(CCO)nn1)N1CCCc2ccccc21. The maximum absolute atomic E-state index is 12.5. The first-order valence-electron chi connectivity index (χ1n) is 7.16. The van der Waals surface area contributed by atoms with Gasteiger partial charge in [-0.1, -0.05) is 23.4 Å². The summed E-state index contributed by atoms with van der Waals surface area (Å²) in [5, 5.41) is 16.7. The van der Waals surface area contributed by atoms with E-state index in [1.807, 2.05) is 23.1 Å². The highest BCUT2D eigenvalue weighted by molar-refractivity contribution is 5.94. The minimum absolute atomic E-state index is 0.0163. The number of amides is 1. The van der Waals surface area contributed by atoms with Crippen LogP contribution in [0, 0.1) is 0 Å². The molecule has 0 aliphatic carbocycles. The molecule has 2 heterocycles. The molecule has 0 atom stereocenters. The molecule has 110 valence electrons. The molecular weight excluding hydrogens is 268 g/mol. The molecule has 0 saturated carbocycles. The highest BCUT2D eigenvalue weighted by Gasteiger charge is 2.22. The van der Waals surface area contributed by atoms with E-state index in [0.717, 1.165) is 25.1 Å². The molecule has 1 aromatic heterocycles. The van der Waals surface area contributed by atoms with Gasteiger partial charge in [0.1, 0.15) is 6.54 Å². The Hall–Kier alpha value is -2.21. The number of benzene rings is 1. The summed E-state index contributed by atoms with van der Waals surface area (Å²) < 4.78 is 1.53. The number of aliphatic hydroxyl groups excluding tert-OH is 1. The van der Waals surface area contributed by atoms with Gasteiger partial charge in [0.05, 0.1) is 5.69 Å². The van der Waals surface area contributed by atoms with Crippen molar-refractivity contribution in [1.29, 1.82) is 0 Å². The van der Waals surface area contributed by atoms with Gasteiger partial charge in [-0.2, -0.15) is 0 Å². The van der Waals surface area contributed by atoms with Crippen LogP contribution in [0.25, 0.3) is 0 Å². The molecule has 1 amide bonds. The quantitative estimate of drug-likeness (QED) is 0.902. The van der Waals surface area contributed by atoms with Crippen molar-refractivity contribution in [3.8, 4) is 0 Å². The Morgan fingerprint density at radius 3 is 3.05 bits per heavy atom. The van der Waals surface area contributed by atoms with Gasteiger partial charge in [0.15, 0.2) is 0 Å². The number of hydrogen-bond donors (Lipinski definition) is 1. The first-order chi connectivity index (χ1) is 10.3. The smallest absolute Gasteiger partial charge is 0.248 e. The highest BCUT2D eigenvalue weighted by atomic mass is 16.3. The molecule has 6 nitrogen and oxygen atoms in total. The molecule has 1 N–H and O–H groups in total. The maximum Gasteiger partial charge on any atom is 0.248 e. The van der Waals surface area contributed by atoms with E-state index in [9.17, 15) is 4.79 Å². The fourth-order valence-electron chi connectivity index (χ4n) is 2.66. The molecule has 0 saturated heterocycles. The number of aromatic nitrogens is 3. The average Bonchev–Trinajstić information content (AvgIpc) is 2.94. The Labute approximate surface area is 123 Å². The lowest BCUT2D eigenvalue weighted by Crippen LogP contribution is -2.37. The van der Waals surface area contributed by atoms with Crippen LogP contribution in [0.1, 0.15) is 17.7 Å². The van der Waals surface area contributed by atoms with E-state index in [4.69, 9.17) is 5.11 Å². The van der Waals surface area contributed by atoms with E-state index in [0.29, 0.717) is 12.1 Å². The fraction of sp³-hybridized carbons (Fsp3) is 0.400. The second-order valence-corrected chi connectivity index (χ2v) is 5.16. The van der Waals surface area contributed by atoms with E-state index in [-0.39, 0.29) is 19.1 Å². The van der Waals surface area contributed by atoms with Gasteiger partial charge in [0.25, 0.3) is 0 Å². The predicted molar refractivity (Wildman–Crippen MR) is 77.9 cm³/mol. The topological polar surface area (TPSA) is 71.2 Å². The molecule has 0 radical (unpaired) electrons. The van der Waals surface area contributed by atoms with Crippen molar-refractivity contribution in [2.24, 2.45) is 0 Å². The molecule has 6 heteroatoms. The van der Waals surface area contributed by atoms with Crippen molar-refractivity contribution in [3.63, 3.8) is 0 Å². The first-order valence-corrected chi connectivity index (χ1v) is 7.16. The number of fused-ring (bicyclic) bond motifs is 1. The second-order valence-electron chi connectivity index (χ2n) is 5.16. The number of anilines is 1. The van der Waals surface area contributed by atoms with Crippen molar-refractivity contribution >= 4 is 11.6 Å². The number of nitrogens with zero attached hydrogens (tertiary/aromatic N) is 4. The van der Waals surface area contributed by atoms with Crippen molar-refractivity contribution in [2.75, 3.05) is 18.1 Å². The summed E-state index contributed by atoms with van der Waals surface area (Å²) >= 11 is 0. The van der Waals surface area contributed by atoms with Crippen LogP contribution >= 0.6 is 0 Å². The summed E-state index contributed by atoms with van der Waals surface area (Å²) in [7, 11) is 0. The highest BCUT2D eigenvalue weighted by Crippen LogP contribution is 2.26. The maximum atomic E-state index is 12.5. The third kappa shape index (κ3) is 2.95. The largest absolute Gasteiger partial charge is 0.396 e. The van der Waals surface area contributed by atoms with Crippen molar-refractivity contribution < 1.29 is 9.90 Å². The molecule has 1 aliphatic rings. The van der Waals surface area contributed by atoms with Gasteiger partial charge >= 0.3 is 0 Å². The van der Waals surface area contributed by atoms with Gasteiger partial charge in [0, 0.05) is 31.5 Å². The van der Waals surface area contributed by atoms with Gasteiger partial charge < -0.3 is 10.0 Å². The molecular formula is C15H18N4O2. The lowest BCUT2D eigenvalue weighted by atomic mass is 10.0. The lowest BCUT2D eigenvalue weighted by molar-refractivity contribution is -0.119. The van der Waals surface area contributed by atoms with Gasteiger partial charge in [-0.05, 0) is 24.5 Å². The Morgan fingerprint density at radius 1 is 1.33 bits per heavy atom. The summed E-state index contributed by atoms with van der Waals surface area (Å²) in [5.41, 5.74) is 2.92. The number of aryl methyl sites for hydroxylation is 1. The van der Waals surface area contributed by atoms with Crippen LogP contribution < -0.4 is 4.90 Å². The third-order valence-corrected chi connectivity index (χ3v) is 3.66. The monoisotopic (exact) mass is 286 g/mol. The summed E-state index contributed by atoms with van der Waals surface area (Å²) in [5.74, 6) is 0.0163. The molecule has 3 rings (SSSR count). The molecule has 0 bridgehead atoms. The Kier molecular flexibility index (Phi) is 3.96. The third-order valence-electron chi connectivity index (χ3n) is 3.66. The van der Waals surface area contributed by atoms with Crippen molar-refractivity contribution in [1.82, 2.24) is 15.0 Å². The molecule has 1 aliphatic heterocycles. The zero-order valence-corrected chi connectivity index (χ0v) is 11.8. The number of carbonyl (C=O) groups is 1. The minimum atomic E-state index is 0.0163. The zero-order valence-electron chi connectivity index (χ0n) is 11.8. The van der Waals surface area contributed by atoms with E-state index in [1.54, 1.807) is 6.20 Å². The molecule has 1 aromatic carbocycles. The molecule has 0 spiro atoms. The minimum Gasteiger partial charge on any atom is -0.396 e. The Balaban J connectivity index is 1.74. The van der Waals surface area contributed by atoms with E-state index in [2.05, 4.69) is 16.4 Å². The van der Waals surface area contributed by atoms with Gasteiger partial charge in [0.2, 0.25) is 5.91 Å². The Bertz CT molecular complexity index is 638. The predicted octanol–water partition coefficient (Wildman–Crippen LogP) is 0.792. The average molecular weight is 286 g/mol. The van der Waals surface area contributed by atoms with Crippen LogP contribution in [-0.4, -0.2) is 39.2 Å². The van der Waals surface area contributed by atoms with E-state index in [1.165, 1.54) is 10.2 Å². The molecule has 21 heavy (non-hydrogen) atoms. The normalized spacial score (nSPS) is 14.0. The van der Waals surface area contributed by atoms with Crippen LogP contribution in [0.15, 0.2) is 30.5 Å². The number of rotatable bonds is 4. The van der Waals surface area contributed by atoms with Crippen LogP contribution in [0.4, 0.5) is 5.69 Å². The van der Waals surface area contributed by atoms with Gasteiger partial charge in [-0.15, -0.1) is 5.10 Å². The Morgan fingerprint density at radius 2 is 2.19 bits per heavy atom. The van der Waals surface area contributed by atoms with Crippen molar-refractivity contribution in [3.05, 3.63) is 41.7 Å². The lowest BCUT2D eigenvalue weighted by Gasteiger charge is -2.29. The number of hydrogen-bond acceptors (Lipinski definition) is 4. The number of carbonyl (C=O) groups excluding carboxylic acids is 1. The fourth-order valence-corrected chi connectivity index (χ4v) is 2.66. The molecule has 0 fully saturated rings.